The minimum atomic E-state index is 0. The van der Waals surface area contributed by atoms with Crippen LogP contribution in [-0.2, 0) is 0 Å². The van der Waals surface area contributed by atoms with E-state index < -0.39 is 0 Å². The molecule has 0 aliphatic carbocycles. The maximum atomic E-state index is 4.29. The third kappa shape index (κ3) is 1.97. The molecule has 1 aliphatic heterocycles. The first-order chi connectivity index (χ1) is 5.36. The van der Waals surface area contributed by atoms with E-state index in [4.69, 9.17) is 0 Å². The fourth-order valence-corrected chi connectivity index (χ4v) is 1.37. The van der Waals surface area contributed by atoms with Crippen LogP contribution in [0.2, 0.25) is 0 Å². The largest absolute Gasteiger partial charge is 0.309 e. The lowest BCUT2D eigenvalue weighted by Crippen LogP contribution is -2.35. The molecule has 0 aromatic carbocycles. The van der Waals surface area contributed by atoms with Gasteiger partial charge in [0.05, 0.1) is 11.7 Å². The van der Waals surface area contributed by atoms with Gasteiger partial charge in [0.25, 0.3) is 0 Å². The predicted molar refractivity (Wildman–Crippen MR) is 54.5 cm³/mol. The predicted octanol–water partition coefficient (Wildman–Crippen LogP) is 2.30. The van der Waals surface area contributed by atoms with E-state index in [0.29, 0.717) is 6.04 Å². The second kappa shape index (κ2) is 4.21. The van der Waals surface area contributed by atoms with Gasteiger partial charge in [0.15, 0.2) is 0 Å². The Hall–Kier alpha value is -0.120. The quantitative estimate of drug-likeness (QED) is 0.826. The number of nitrogens with zero attached hydrogens (tertiary/aromatic N) is 1. The highest BCUT2D eigenvalue weighted by molar-refractivity contribution is 9.10. The summed E-state index contributed by atoms with van der Waals surface area (Å²) in [6, 6.07) is 4.59. The molecule has 1 N–H and O–H groups in total. The highest BCUT2D eigenvalue weighted by atomic mass is 79.9. The molecule has 0 bridgehead atoms. The second-order valence-corrected chi connectivity index (χ2v) is 3.61. The molecule has 4 heteroatoms. The topological polar surface area (TPSA) is 24.9 Å². The van der Waals surface area contributed by atoms with Crippen molar-refractivity contribution in [3.8, 4) is 0 Å². The summed E-state index contributed by atoms with van der Waals surface area (Å²) in [6.07, 6.45) is 3.06. The monoisotopic (exact) mass is 248 g/mol. The van der Waals surface area contributed by atoms with Gasteiger partial charge in [-0.3, -0.25) is 4.98 Å². The van der Waals surface area contributed by atoms with Gasteiger partial charge in [0, 0.05) is 10.7 Å². The summed E-state index contributed by atoms with van der Waals surface area (Å²) < 4.78 is 1.04. The average Bonchev–Trinajstić information content (AvgIpc) is 1.90. The lowest BCUT2D eigenvalue weighted by Gasteiger charge is -2.26. The lowest BCUT2D eigenvalue weighted by molar-refractivity contribution is 0.375. The lowest BCUT2D eigenvalue weighted by atomic mass is 10.0. The Kier molecular flexibility index (Phi) is 3.50. The first-order valence-electron chi connectivity index (χ1n) is 3.71. The molecule has 1 atom stereocenters. The molecule has 0 unspecified atom stereocenters. The van der Waals surface area contributed by atoms with E-state index >= 15 is 0 Å². The molecule has 2 rings (SSSR count). The Morgan fingerprint density at radius 1 is 1.50 bits per heavy atom. The van der Waals surface area contributed by atoms with Crippen molar-refractivity contribution in [2.45, 2.75) is 12.5 Å². The Morgan fingerprint density at radius 3 is 2.67 bits per heavy atom. The summed E-state index contributed by atoms with van der Waals surface area (Å²) in [5.74, 6) is 0. The fourth-order valence-electron chi connectivity index (χ4n) is 1.13. The summed E-state index contributed by atoms with van der Waals surface area (Å²) in [4.78, 5) is 4.29. The molecule has 1 aromatic rings. The van der Waals surface area contributed by atoms with Crippen molar-refractivity contribution < 1.29 is 0 Å². The number of halogens is 2. The van der Waals surface area contributed by atoms with E-state index in [-0.39, 0.29) is 12.4 Å². The average molecular weight is 250 g/mol. The number of hydrogen-bond acceptors (Lipinski definition) is 2. The van der Waals surface area contributed by atoms with Crippen LogP contribution in [0, 0.1) is 0 Å². The molecule has 1 saturated heterocycles. The van der Waals surface area contributed by atoms with E-state index in [1.807, 2.05) is 12.3 Å². The standard InChI is InChI=1S/C8H9BrN2.ClH/c9-6-1-2-7(11-5-6)8-3-4-10-8;/h1-2,5,8,10H,3-4H2;1H/t8-;/m0./s1. The molecular formula is C8H10BrClN2. The van der Waals surface area contributed by atoms with Crippen molar-refractivity contribution in [2.24, 2.45) is 0 Å². The maximum absolute atomic E-state index is 4.29. The molecule has 12 heavy (non-hydrogen) atoms. The van der Waals surface area contributed by atoms with Gasteiger partial charge in [0.2, 0.25) is 0 Å². The van der Waals surface area contributed by atoms with Gasteiger partial charge < -0.3 is 5.32 Å². The third-order valence-electron chi connectivity index (χ3n) is 1.93. The molecule has 0 radical (unpaired) electrons. The summed E-state index contributed by atoms with van der Waals surface area (Å²) in [5.41, 5.74) is 1.15. The van der Waals surface area contributed by atoms with Gasteiger partial charge in [-0.2, -0.15) is 0 Å². The number of hydrogen-bond donors (Lipinski definition) is 1. The van der Waals surface area contributed by atoms with Crippen LogP contribution in [0.1, 0.15) is 18.2 Å². The van der Waals surface area contributed by atoms with Crippen molar-refractivity contribution in [1.29, 1.82) is 0 Å². The van der Waals surface area contributed by atoms with Crippen LogP contribution < -0.4 is 5.32 Å². The molecule has 1 fully saturated rings. The van der Waals surface area contributed by atoms with E-state index in [1.165, 1.54) is 6.42 Å². The summed E-state index contributed by atoms with van der Waals surface area (Å²) in [7, 11) is 0. The van der Waals surface area contributed by atoms with Crippen LogP contribution in [0.4, 0.5) is 0 Å². The highest BCUT2D eigenvalue weighted by Crippen LogP contribution is 2.21. The van der Waals surface area contributed by atoms with Crippen LogP contribution in [0.25, 0.3) is 0 Å². The van der Waals surface area contributed by atoms with Crippen molar-refractivity contribution in [1.82, 2.24) is 10.3 Å². The first-order valence-corrected chi connectivity index (χ1v) is 4.50. The molecule has 0 spiro atoms. The van der Waals surface area contributed by atoms with E-state index in [0.717, 1.165) is 16.7 Å². The first kappa shape index (κ1) is 9.96. The van der Waals surface area contributed by atoms with Crippen LogP contribution in [-0.4, -0.2) is 11.5 Å². The smallest absolute Gasteiger partial charge is 0.0574 e. The SMILES string of the molecule is Brc1ccc([C@@H]2CCN2)nc1.Cl. The second-order valence-electron chi connectivity index (χ2n) is 2.70. The van der Waals surface area contributed by atoms with Crippen LogP contribution in [0.5, 0.6) is 0 Å². The van der Waals surface area contributed by atoms with Crippen LogP contribution in [0.3, 0.4) is 0 Å². The van der Waals surface area contributed by atoms with Crippen molar-refractivity contribution in [2.75, 3.05) is 6.54 Å². The fraction of sp³-hybridized carbons (Fsp3) is 0.375. The summed E-state index contributed by atoms with van der Waals surface area (Å²) >= 11 is 3.35. The number of pyridine rings is 1. The van der Waals surface area contributed by atoms with Gasteiger partial charge in [0.1, 0.15) is 0 Å². The summed E-state index contributed by atoms with van der Waals surface area (Å²) in [5, 5.41) is 3.30. The van der Waals surface area contributed by atoms with Gasteiger partial charge in [-0.05, 0) is 41.0 Å². The number of aromatic nitrogens is 1. The molecule has 0 saturated carbocycles. The zero-order valence-corrected chi connectivity index (χ0v) is 8.86. The zero-order valence-electron chi connectivity index (χ0n) is 6.46. The molecule has 2 heterocycles. The Morgan fingerprint density at radius 2 is 2.25 bits per heavy atom. The van der Waals surface area contributed by atoms with Crippen molar-refractivity contribution in [3.05, 3.63) is 28.5 Å². The Balaban J connectivity index is 0.000000720. The van der Waals surface area contributed by atoms with E-state index in [9.17, 15) is 0 Å². The number of rotatable bonds is 1. The van der Waals surface area contributed by atoms with Crippen molar-refractivity contribution >= 4 is 28.3 Å². The number of nitrogens with one attached hydrogen (secondary N) is 1. The molecule has 66 valence electrons. The van der Waals surface area contributed by atoms with Crippen LogP contribution >= 0.6 is 28.3 Å². The van der Waals surface area contributed by atoms with E-state index in [1.54, 1.807) is 0 Å². The van der Waals surface area contributed by atoms with Crippen LogP contribution in [0.15, 0.2) is 22.8 Å². The zero-order chi connectivity index (χ0) is 7.68. The normalized spacial score (nSPS) is 20.9. The Labute approximate surface area is 86.3 Å². The third-order valence-corrected chi connectivity index (χ3v) is 2.40. The molecule has 2 nitrogen and oxygen atoms in total. The van der Waals surface area contributed by atoms with Gasteiger partial charge >= 0.3 is 0 Å². The van der Waals surface area contributed by atoms with E-state index in [2.05, 4.69) is 32.3 Å². The molecular weight excluding hydrogens is 239 g/mol. The minimum Gasteiger partial charge on any atom is -0.309 e. The van der Waals surface area contributed by atoms with Gasteiger partial charge in [-0.15, -0.1) is 12.4 Å². The van der Waals surface area contributed by atoms with Gasteiger partial charge in [-0.25, -0.2) is 0 Å². The van der Waals surface area contributed by atoms with Gasteiger partial charge in [-0.1, -0.05) is 0 Å². The maximum Gasteiger partial charge on any atom is 0.0574 e. The minimum absolute atomic E-state index is 0. The Bertz CT molecular complexity index is 246. The highest BCUT2D eigenvalue weighted by Gasteiger charge is 2.18. The molecule has 1 aromatic heterocycles. The molecule has 0 amide bonds. The molecule has 1 aliphatic rings. The summed E-state index contributed by atoms with van der Waals surface area (Å²) in [6.45, 7) is 1.13. The van der Waals surface area contributed by atoms with Crippen molar-refractivity contribution in [3.63, 3.8) is 0 Å².